The van der Waals surface area contributed by atoms with Crippen molar-refractivity contribution in [2.75, 3.05) is 6.61 Å². The Bertz CT molecular complexity index is 393. The van der Waals surface area contributed by atoms with Gasteiger partial charge in [-0.1, -0.05) is 12.1 Å². The van der Waals surface area contributed by atoms with E-state index in [1.807, 2.05) is 6.07 Å². The average molecular weight is 249 g/mol. The van der Waals surface area contributed by atoms with Crippen LogP contribution in [-0.2, 0) is 0 Å². The van der Waals surface area contributed by atoms with E-state index in [1.165, 1.54) is 24.3 Å². The minimum Gasteiger partial charge on any atom is -0.390 e. The van der Waals surface area contributed by atoms with Gasteiger partial charge in [-0.2, -0.15) is 5.26 Å². The summed E-state index contributed by atoms with van der Waals surface area (Å²) in [6.45, 7) is -1.31. The van der Waals surface area contributed by atoms with E-state index in [1.54, 1.807) is 0 Å². The van der Waals surface area contributed by atoms with Crippen LogP contribution in [0.1, 0.15) is 17.2 Å². The fourth-order valence-electron chi connectivity index (χ4n) is 1.14. The van der Waals surface area contributed by atoms with E-state index in [4.69, 9.17) is 16.1 Å². The van der Waals surface area contributed by atoms with Gasteiger partial charge in [0, 0.05) is 0 Å². The van der Waals surface area contributed by atoms with Crippen LogP contribution < -0.4 is 5.73 Å². The summed E-state index contributed by atoms with van der Waals surface area (Å²) in [7, 11) is 0. The highest BCUT2D eigenvalue weighted by molar-refractivity contribution is 5.85. The van der Waals surface area contributed by atoms with E-state index in [0.29, 0.717) is 0 Å². The number of aliphatic hydroxyl groups excluding tert-OH is 1. The molecule has 0 aromatic heterocycles. The molecule has 0 aliphatic carbocycles. The van der Waals surface area contributed by atoms with Gasteiger partial charge in [-0.05, 0) is 17.7 Å². The highest BCUT2D eigenvalue weighted by Gasteiger charge is 2.37. The summed E-state index contributed by atoms with van der Waals surface area (Å²) >= 11 is 0. The first-order valence-corrected chi connectivity index (χ1v) is 4.25. The Morgan fingerprint density at radius 3 is 2.62 bits per heavy atom. The molecule has 0 amide bonds. The number of nitriles is 1. The topological polar surface area (TPSA) is 70.0 Å². The van der Waals surface area contributed by atoms with Crippen LogP contribution in [0.4, 0.5) is 8.78 Å². The Hall–Kier alpha value is -1.22. The Balaban J connectivity index is 0.00000225. The molecule has 0 heterocycles. The standard InChI is InChI=1S/C10H10F2N2O.ClH/c11-10(12,6-15)9(14)8-3-1-2-7(4-8)5-13;/h1-4,9,15H,6,14H2;1H/t9-;/m0./s1. The lowest BCUT2D eigenvalue weighted by molar-refractivity contribution is -0.0711. The third kappa shape index (κ3) is 3.14. The molecule has 0 unspecified atom stereocenters. The molecular formula is C10H11ClF2N2O. The molecule has 0 spiro atoms. The van der Waals surface area contributed by atoms with Gasteiger partial charge < -0.3 is 10.8 Å². The zero-order valence-electron chi connectivity index (χ0n) is 8.23. The first-order chi connectivity index (χ1) is 7.01. The summed E-state index contributed by atoms with van der Waals surface area (Å²) in [4.78, 5) is 0. The summed E-state index contributed by atoms with van der Waals surface area (Å²) < 4.78 is 26.0. The average Bonchev–Trinajstić information content (AvgIpc) is 2.28. The number of nitrogens with two attached hydrogens (primary N) is 1. The van der Waals surface area contributed by atoms with E-state index < -0.39 is 18.6 Å². The van der Waals surface area contributed by atoms with Crippen LogP contribution in [0.25, 0.3) is 0 Å². The molecule has 1 atom stereocenters. The summed E-state index contributed by atoms with van der Waals surface area (Å²) in [5, 5.41) is 17.0. The zero-order valence-corrected chi connectivity index (χ0v) is 9.05. The maximum absolute atomic E-state index is 13.0. The molecule has 1 aromatic rings. The number of nitrogens with zero attached hydrogens (tertiary/aromatic N) is 1. The van der Waals surface area contributed by atoms with Gasteiger partial charge in [0.05, 0.1) is 17.7 Å². The van der Waals surface area contributed by atoms with Gasteiger partial charge >= 0.3 is 0 Å². The lowest BCUT2D eigenvalue weighted by atomic mass is 10.0. The Labute approximate surface area is 97.9 Å². The summed E-state index contributed by atoms with van der Waals surface area (Å²) in [6, 6.07) is 5.88. The molecular weight excluding hydrogens is 238 g/mol. The largest absolute Gasteiger partial charge is 0.390 e. The molecule has 88 valence electrons. The summed E-state index contributed by atoms with van der Waals surface area (Å²) in [6.07, 6.45) is 0. The Morgan fingerprint density at radius 2 is 2.12 bits per heavy atom. The van der Waals surface area contributed by atoms with Gasteiger partial charge in [-0.3, -0.25) is 0 Å². The second kappa shape index (κ2) is 5.75. The second-order valence-corrected chi connectivity index (χ2v) is 3.13. The number of hydrogen-bond donors (Lipinski definition) is 2. The molecule has 0 aliphatic rings. The fraction of sp³-hybridized carbons (Fsp3) is 0.300. The summed E-state index contributed by atoms with van der Waals surface area (Å²) in [5.74, 6) is -3.38. The van der Waals surface area contributed by atoms with Gasteiger partial charge in [0.25, 0.3) is 5.92 Å². The van der Waals surface area contributed by atoms with Crippen LogP contribution in [0.15, 0.2) is 24.3 Å². The molecule has 3 nitrogen and oxygen atoms in total. The van der Waals surface area contributed by atoms with Crippen LogP contribution in [0.3, 0.4) is 0 Å². The second-order valence-electron chi connectivity index (χ2n) is 3.13. The van der Waals surface area contributed by atoms with Crippen molar-refractivity contribution in [2.45, 2.75) is 12.0 Å². The van der Waals surface area contributed by atoms with Crippen LogP contribution in [0, 0.1) is 11.3 Å². The number of halogens is 3. The molecule has 0 aliphatic heterocycles. The van der Waals surface area contributed by atoms with Crippen molar-refractivity contribution < 1.29 is 13.9 Å². The SMILES string of the molecule is Cl.N#Cc1cccc([C@H](N)C(F)(F)CO)c1. The maximum Gasteiger partial charge on any atom is 0.289 e. The van der Waals surface area contributed by atoms with Gasteiger partial charge in [-0.15, -0.1) is 12.4 Å². The minimum absolute atomic E-state index is 0. The molecule has 0 saturated heterocycles. The van der Waals surface area contributed by atoms with Gasteiger partial charge in [0.1, 0.15) is 6.61 Å². The molecule has 3 N–H and O–H groups in total. The van der Waals surface area contributed by atoms with Crippen LogP contribution in [0.2, 0.25) is 0 Å². The van der Waals surface area contributed by atoms with E-state index in [2.05, 4.69) is 0 Å². The third-order valence-corrected chi connectivity index (χ3v) is 2.04. The van der Waals surface area contributed by atoms with E-state index in [9.17, 15) is 8.78 Å². The number of alkyl halides is 2. The monoisotopic (exact) mass is 248 g/mol. The van der Waals surface area contributed by atoms with Crippen molar-refractivity contribution in [1.29, 1.82) is 5.26 Å². The maximum atomic E-state index is 13.0. The quantitative estimate of drug-likeness (QED) is 0.854. The van der Waals surface area contributed by atoms with E-state index >= 15 is 0 Å². The Morgan fingerprint density at radius 1 is 1.50 bits per heavy atom. The molecule has 0 saturated carbocycles. The molecule has 0 radical (unpaired) electrons. The molecule has 0 fully saturated rings. The number of hydrogen-bond acceptors (Lipinski definition) is 3. The lowest BCUT2D eigenvalue weighted by Gasteiger charge is -2.21. The number of rotatable bonds is 3. The number of aliphatic hydroxyl groups is 1. The van der Waals surface area contributed by atoms with E-state index in [-0.39, 0.29) is 23.5 Å². The predicted octanol–water partition coefficient (Wildman–Crippen LogP) is 1.61. The van der Waals surface area contributed by atoms with Crippen LogP contribution in [-0.4, -0.2) is 17.6 Å². The van der Waals surface area contributed by atoms with Crippen molar-refractivity contribution >= 4 is 12.4 Å². The van der Waals surface area contributed by atoms with Gasteiger partial charge in [0.2, 0.25) is 0 Å². The van der Waals surface area contributed by atoms with Crippen molar-refractivity contribution in [2.24, 2.45) is 5.73 Å². The number of benzene rings is 1. The molecule has 6 heteroatoms. The first-order valence-electron chi connectivity index (χ1n) is 4.25. The van der Waals surface area contributed by atoms with Gasteiger partial charge in [-0.25, -0.2) is 8.78 Å². The normalized spacial score (nSPS) is 12.4. The lowest BCUT2D eigenvalue weighted by Crippen LogP contribution is -2.36. The van der Waals surface area contributed by atoms with Crippen molar-refractivity contribution in [3.05, 3.63) is 35.4 Å². The minimum atomic E-state index is -3.38. The molecule has 1 rings (SSSR count). The van der Waals surface area contributed by atoms with Gasteiger partial charge in [0.15, 0.2) is 0 Å². The van der Waals surface area contributed by atoms with Crippen LogP contribution >= 0.6 is 12.4 Å². The van der Waals surface area contributed by atoms with Crippen LogP contribution in [0.5, 0.6) is 0 Å². The molecule has 0 bridgehead atoms. The highest BCUT2D eigenvalue weighted by Crippen LogP contribution is 2.28. The first kappa shape index (κ1) is 14.8. The molecule has 16 heavy (non-hydrogen) atoms. The Kier molecular flexibility index (Phi) is 5.31. The van der Waals surface area contributed by atoms with E-state index in [0.717, 1.165) is 0 Å². The van der Waals surface area contributed by atoms with Crippen molar-refractivity contribution in [3.8, 4) is 6.07 Å². The fourth-order valence-corrected chi connectivity index (χ4v) is 1.14. The summed E-state index contributed by atoms with van der Waals surface area (Å²) in [5.41, 5.74) is 5.68. The van der Waals surface area contributed by atoms with Crippen molar-refractivity contribution in [3.63, 3.8) is 0 Å². The molecule has 1 aromatic carbocycles. The highest BCUT2D eigenvalue weighted by atomic mass is 35.5. The van der Waals surface area contributed by atoms with Crippen molar-refractivity contribution in [1.82, 2.24) is 0 Å². The smallest absolute Gasteiger partial charge is 0.289 e. The third-order valence-electron chi connectivity index (χ3n) is 2.04. The zero-order chi connectivity index (χ0) is 11.5. The predicted molar refractivity (Wildman–Crippen MR) is 57.4 cm³/mol.